The van der Waals surface area contributed by atoms with Crippen molar-refractivity contribution in [1.29, 1.82) is 0 Å². The van der Waals surface area contributed by atoms with E-state index < -0.39 is 0 Å². The van der Waals surface area contributed by atoms with E-state index in [4.69, 9.17) is 9.97 Å². The first-order valence-electron chi connectivity index (χ1n) is 23.0. The van der Waals surface area contributed by atoms with Gasteiger partial charge in [0.2, 0.25) is 0 Å². The minimum Gasteiger partial charge on any atom is -0.309 e. The number of aromatic nitrogens is 3. The molecule has 0 spiro atoms. The van der Waals surface area contributed by atoms with Gasteiger partial charge in [0.05, 0.1) is 22.2 Å². The van der Waals surface area contributed by atoms with E-state index >= 15 is 0 Å². The summed E-state index contributed by atoms with van der Waals surface area (Å²) >= 11 is 0. The third-order valence-electron chi connectivity index (χ3n) is 15.4. The summed E-state index contributed by atoms with van der Waals surface area (Å²) in [6, 6.07) is 61.0. The van der Waals surface area contributed by atoms with Crippen LogP contribution in [-0.4, -0.2) is 14.5 Å². The fourth-order valence-corrected chi connectivity index (χ4v) is 11.9. The highest BCUT2D eigenvalue weighted by atomic mass is 15.0. The van der Waals surface area contributed by atoms with Crippen LogP contribution in [0.15, 0.2) is 164 Å². The first-order chi connectivity index (χ1) is 31.0. The molecule has 2 aliphatic rings. The Morgan fingerprint density at radius 2 is 1.09 bits per heavy atom. The molecule has 0 saturated carbocycles. The molecule has 0 fully saturated rings. The highest BCUT2D eigenvalue weighted by molar-refractivity contribution is 6.32. The zero-order valence-corrected chi connectivity index (χ0v) is 37.3. The standard InChI is InChI=1S/C61H49N3/c1-59(2)30-31-60(3,4)52-35-53-48(34-51(52)59)54-45-23-11-9-20-41(45)42-21-10-12-24-46(42)57(54)64(53)39-18-15-17-38(32-39)58-62-55(47-29-26-36-16-7-8-19-40(36)56(47)63-58)37-27-28-44-43-22-13-14-25-49(43)61(5,6)50(44)33-37/h7-29,32-35H,30-31H2,1-6H3. The Morgan fingerprint density at radius 1 is 0.438 bits per heavy atom. The van der Waals surface area contributed by atoms with Crippen LogP contribution in [0.25, 0.3) is 104 Å². The summed E-state index contributed by atoms with van der Waals surface area (Å²) in [5.41, 5.74) is 15.9. The van der Waals surface area contributed by atoms with Crippen molar-refractivity contribution in [2.45, 2.75) is 70.6 Å². The zero-order chi connectivity index (χ0) is 43.3. The Kier molecular flexibility index (Phi) is 7.60. The average molecular weight is 824 g/mol. The van der Waals surface area contributed by atoms with Gasteiger partial charge < -0.3 is 4.57 Å². The van der Waals surface area contributed by atoms with E-state index in [1.165, 1.54) is 88.5 Å². The van der Waals surface area contributed by atoms with Crippen molar-refractivity contribution in [3.63, 3.8) is 0 Å². The molecule has 2 aliphatic carbocycles. The molecule has 0 unspecified atom stereocenters. The third kappa shape index (κ3) is 5.15. The number of hydrogen-bond donors (Lipinski definition) is 0. The van der Waals surface area contributed by atoms with Gasteiger partial charge in [-0.3, -0.25) is 0 Å². The Hall–Kier alpha value is -7.10. The zero-order valence-electron chi connectivity index (χ0n) is 37.3. The first-order valence-corrected chi connectivity index (χ1v) is 23.0. The van der Waals surface area contributed by atoms with E-state index in [1.54, 1.807) is 0 Å². The van der Waals surface area contributed by atoms with Gasteiger partial charge in [0.1, 0.15) is 0 Å². The van der Waals surface area contributed by atoms with Crippen molar-refractivity contribution in [1.82, 2.24) is 14.5 Å². The van der Waals surface area contributed by atoms with Crippen LogP contribution in [0.3, 0.4) is 0 Å². The van der Waals surface area contributed by atoms with Crippen molar-refractivity contribution < 1.29 is 0 Å². The lowest BCUT2D eigenvalue weighted by Crippen LogP contribution is -2.33. The lowest BCUT2D eigenvalue weighted by atomic mass is 9.63. The highest BCUT2D eigenvalue weighted by Gasteiger charge is 2.39. The van der Waals surface area contributed by atoms with Crippen LogP contribution in [-0.2, 0) is 16.2 Å². The normalized spacial score (nSPS) is 15.9. The van der Waals surface area contributed by atoms with E-state index in [0.717, 1.165) is 51.0 Å². The summed E-state index contributed by atoms with van der Waals surface area (Å²) in [5, 5.41) is 11.1. The fourth-order valence-electron chi connectivity index (χ4n) is 11.9. The van der Waals surface area contributed by atoms with Crippen molar-refractivity contribution in [3.8, 4) is 39.5 Å². The van der Waals surface area contributed by atoms with E-state index in [-0.39, 0.29) is 16.2 Å². The second kappa shape index (κ2) is 13.0. The van der Waals surface area contributed by atoms with Crippen molar-refractivity contribution >= 4 is 65.0 Å². The Labute approximate surface area is 374 Å². The fraction of sp³-hybridized carbons (Fsp3) is 0.180. The number of rotatable bonds is 3. The van der Waals surface area contributed by atoms with Crippen LogP contribution in [0, 0.1) is 0 Å². The summed E-state index contributed by atoms with van der Waals surface area (Å²) in [4.78, 5) is 11.1. The summed E-state index contributed by atoms with van der Waals surface area (Å²) in [7, 11) is 0. The molecule has 0 saturated heterocycles. The van der Waals surface area contributed by atoms with E-state index in [2.05, 4.69) is 210 Å². The molecule has 11 aromatic rings. The molecule has 0 bridgehead atoms. The van der Waals surface area contributed by atoms with E-state index in [1.807, 2.05) is 0 Å². The molecule has 0 radical (unpaired) electrons. The van der Waals surface area contributed by atoms with E-state index in [9.17, 15) is 0 Å². The summed E-state index contributed by atoms with van der Waals surface area (Å²) in [6.07, 6.45) is 2.33. The lowest BCUT2D eigenvalue weighted by Gasteiger charge is -2.42. The van der Waals surface area contributed by atoms with Gasteiger partial charge in [0.25, 0.3) is 0 Å². The van der Waals surface area contributed by atoms with Crippen molar-refractivity contribution in [2.24, 2.45) is 0 Å². The topological polar surface area (TPSA) is 30.7 Å². The largest absolute Gasteiger partial charge is 0.309 e. The van der Waals surface area contributed by atoms with Gasteiger partial charge in [-0.1, -0.05) is 169 Å². The monoisotopic (exact) mass is 823 g/mol. The quantitative estimate of drug-likeness (QED) is 0.166. The van der Waals surface area contributed by atoms with Crippen LogP contribution >= 0.6 is 0 Å². The molecule has 64 heavy (non-hydrogen) atoms. The first kappa shape index (κ1) is 37.5. The average Bonchev–Trinajstić information content (AvgIpc) is 3.78. The minimum atomic E-state index is -0.128. The summed E-state index contributed by atoms with van der Waals surface area (Å²) in [6.45, 7) is 14.4. The van der Waals surface area contributed by atoms with Gasteiger partial charge in [0.15, 0.2) is 5.82 Å². The molecule has 3 heteroatoms. The van der Waals surface area contributed by atoms with Gasteiger partial charge in [-0.25, -0.2) is 9.97 Å². The highest BCUT2D eigenvalue weighted by Crippen LogP contribution is 2.52. The van der Waals surface area contributed by atoms with Crippen LogP contribution < -0.4 is 0 Å². The molecule has 2 heterocycles. The maximum atomic E-state index is 5.58. The molecule has 2 aromatic heterocycles. The van der Waals surface area contributed by atoms with Gasteiger partial charge in [0, 0.05) is 49.2 Å². The molecule has 9 aromatic carbocycles. The number of nitrogens with zero attached hydrogens (tertiary/aromatic N) is 3. The minimum absolute atomic E-state index is 0.0555. The predicted octanol–water partition coefficient (Wildman–Crippen LogP) is 16.2. The van der Waals surface area contributed by atoms with Crippen LogP contribution in [0.2, 0.25) is 0 Å². The number of benzene rings is 9. The second-order valence-electron chi connectivity index (χ2n) is 20.4. The summed E-state index contributed by atoms with van der Waals surface area (Å²) < 4.78 is 2.55. The molecular weight excluding hydrogens is 775 g/mol. The molecule has 3 nitrogen and oxygen atoms in total. The smallest absolute Gasteiger partial charge is 0.160 e. The van der Waals surface area contributed by atoms with Crippen LogP contribution in [0.4, 0.5) is 0 Å². The Morgan fingerprint density at radius 3 is 1.89 bits per heavy atom. The van der Waals surface area contributed by atoms with Crippen LogP contribution in [0.5, 0.6) is 0 Å². The molecule has 308 valence electrons. The number of hydrogen-bond acceptors (Lipinski definition) is 2. The maximum Gasteiger partial charge on any atom is 0.160 e. The van der Waals surface area contributed by atoms with Gasteiger partial charge in [-0.15, -0.1) is 0 Å². The molecule has 13 rings (SSSR count). The van der Waals surface area contributed by atoms with Gasteiger partial charge in [-0.2, -0.15) is 0 Å². The molecule has 0 amide bonds. The SMILES string of the molecule is CC1(C)CCC(C)(C)c2cc3c(cc21)c1c2ccccc2c2ccccc2c1n3-c1cccc(-c2nc(-c3ccc4c(c3)C(C)(C)c3ccccc3-4)c3ccc4ccccc4c3n2)c1. The molecular formula is C61H49N3. The molecule has 0 aliphatic heterocycles. The predicted molar refractivity (Wildman–Crippen MR) is 270 cm³/mol. The Bertz CT molecular complexity index is 3820. The summed E-state index contributed by atoms with van der Waals surface area (Å²) in [5.74, 6) is 0.722. The maximum absolute atomic E-state index is 5.58. The van der Waals surface area contributed by atoms with E-state index in [0.29, 0.717) is 0 Å². The molecule has 0 N–H and O–H groups in total. The van der Waals surface area contributed by atoms with Crippen molar-refractivity contribution in [3.05, 3.63) is 186 Å². The lowest BCUT2D eigenvalue weighted by molar-refractivity contribution is 0.332. The Balaban J connectivity index is 1.09. The van der Waals surface area contributed by atoms with Crippen LogP contribution in [0.1, 0.15) is 76.6 Å². The second-order valence-corrected chi connectivity index (χ2v) is 20.4. The number of fused-ring (bicyclic) bond motifs is 15. The molecule has 0 atom stereocenters. The van der Waals surface area contributed by atoms with Crippen molar-refractivity contribution in [2.75, 3.05) is 0 Å². The third-order valence-corrected chi connectivity index (χ3v) is 15.4. The van der Waals surface area contributed by atoms with Gasteiger partial charge in [-0.05, 0) is 115 Å². The van der Waals surface area contributed by atoms with Gasteiger partial charge >= 0.3 is 0 Å².